The zero-order chi connectivity index (χ0) is 16.1. The Kier molecular flexibility index (Phi) is 11.2. The minimum absolute atomic E-state index is 0.00625. The number of hydrogen-bond acceptors (Lipinski definition) is 4. The molecule has 0 aromatic rings. The number of aliphatic carboxylic acids is 1. The van der Waals surface area contributed by atoms with Crippen LogP contribution in [0, 0.1) is 0 Å². The summed E-state index contributed by atoms with van der Waals surface area (Å²) in [5.74, 6) is -1.36. The fraction of sp³-hybridized carbons (Fsp3) is 0.786. The van der Waals surface area contributed by atoms with Crippen LogP contribution in [0.1, 0.15) is 51.9 Å². The van der Waals surface area contributed by atoms with Crippen LogP contribution in [0.2, 0.25) is 0 Å². The van der Waals surface area contributed by atoms with E-state index in [1.165, 1.54) is 0 Å². The molecule has 0 saturated carbocycles. The molecule has 0 aliphatic carbocycles. The summed E-state index contributed by atoms with van der Waals surface area (Å²) in [6.07, 6.45) is 4.35. The summed E-state index contributed by atoms with van der Waals surface area (Å²) in [7, 11) is 0. The lowest BCUT2D eigenvalue weighted by Crippen LogP contribution is -2.33. The van der Waals surface area contributed by atoms with Crippen LogP contribution < -0.4 is 16.4 Å². The molecule has 0 aromatic carbocycles. The molecule has 0 aromatic heterocycles. The van der Waals surface area contributed by atoms with Gasteiger partial charge in [0, 0.05) is 25.9 Å². The van der Waals surface area contributed by atoms with E-state index in [0.717, 1.165) is 19.3 Å². The number of carbonyl (C=O) groups excluding carboxylic acids is 2. The predicted molar refractivity (Wildman–Crippen MR) is 79.6 cm³/mol. The van der Waals surface area contributed by atoms with Gasteiger partial charge in [0.2, 0.25) is 11.8 Å². The molecule has 0 aliphatic heterocycles. The molecule has 0 heterocycles. The molecular formula is C14H27N3O4. The van der Waals surface area contributed by atoms with E-state index in [-0.39, 0.29) is 24.7 Å². The molecule has 1 unspecified atom stereocenters. The summed E-state index contributed by atoms with van der Waals surface area (Å²) < 4.78 is 0. The molecule has 5 N–H and O–H groups in total. The van der Waals surface area contributed by atoms with E-state index in [9.17, 15) is 14.4 Å². The number of amides is 2. The molecule has 0 fully saturated rings. The highest BCUT2D eigenvalue weighted by Crippen LogP contribution is 1.96. The van der Waals surface area contributed by atoms with Gasteiger partial charge in [-0.05, 0) is 19.3 Å². The molecule has 0 bridgehead atoms. The molecular weight excluding hydrogens is 274 g/mol. The van der Waals surface area contributed by atoms with Crippen LogP contribution in [0.25, 0.3) is 0 Å². The largest absolute Gasteiger partial charge is 0.480 e. The summed E-state index contributed by atoms with van der Waals surface area (Å²) >= 11 is 0. The van der Waals surface area contributed by atoms with Crippen LogP contribution in [0.3, 0.4) is 0 Å². The van der Waals surface area contributed by atoms with Gasteiger partial charge < -0.3 is 21.5 Å². The van der Waals surface area contributed by atoms with Crippen molar-refractivity contribution in [1.29, 1.82) is 0 Å². The van der Waals surface area contributed by atoms with Crippen LogP contribution in [0.4, 0.5) is 0 Å². The van der Waals surface area contributed by atoms with E-state index in [0.29, 0.717) is 25.9 Å². The topological polar surface area (TPSA) is 122 Å². The quantitative estimate of drug-likeness (QED) is 0.388. The molecule has 0 radical (unpaired) electrons. The van der Waals surface area contributed by atoms with Gasteiger partial charge >= 0.3 is 5.97 Å². The summed E-state index contributed by atoms with van der Waals surface area (Å²) in [5, 5.41) is 14.0. The fourth-order valence-electron chi connectivity index (χ4n) is 1.67. The Balaban J connectivity index is 3.50. The zero-order valence-corrected chi connectivity index (χ0v) is 12.7. The van der Waals surface area contributed by atoms with Crippen molar-refractivity contribution in [2.75, 3.05) is 13.1 Å². The van der Waals surface area contributed by atoms with E-state index < -0.39 is 12.0 Å². The summed E-state index contributed by atoms with van der Waals surface area (Å²) in [4.78, 5) is 33.3. The number of nitrogens with two attached hydrogens (primary N) is 1. The molecule has 0 aliphatic rings. The van der Waals surface area contributed by atoms with Gasteiger partial charge in [-0.15, -0.1) is 0 Å². The zero-order valence-electron chi connectivity index (χ0n) is 12.7. The van der Waals surface area contributed by atoms with E-state index in [1.54, 1.807) is 0 Å². The lowest BCUT2D eigenvalue weighted by atomic mass is 10.1. The van der Waals surface area contributed by atoms with Crippen molar-refractivity contribution < 1.29 is 19.5 Å². The van der Waals surface area contributed by atoms with Crippen LogP contribution in [-0.2, 0) is 14.4 Å². The normalized spacial score (nSPS) is 11.7. The number of carboxylic acids is 1. The van der Waals surface area contributed by atoms with Gasteiger partial charge in [-0.1, -0.05) is 19.8 Å². The first-order chi connectivity index (χ1) is 9.97. The number of carbonyl (C=O) groups is 3. The van der Waals surface area contributed by atoms with Gasteiger partial charge in [-0.25, -0.2) is 0 Å². The highest BCUT2D eigenvalue weighted by molar-refractivity contribution is 5.78. The second-order valence-corrected chi connectivity index (χ2v) is 4.99. The Morgan fingerprint density at radius 3 is 2.14 bits per heavy atom. The van der Waals surface area contributed by atoms with Crippen molar-refractivity contribution in [1.82, 2.24) is 10.6 Å². The first-order valence-electron chi connectivity index (χ1n) is 7.49. The molecule has 21 heavy (non-hydrogen) atoms. The fourth-order valence-corrected chi connectivity index (χ4v) is 1.67. The Morgan fingerprint density at radius 1 is 1.00 bits per heavy atom. The number of rotatable bonds is 12. The highest BCUT2D eigenvalue weighted by atomic mass is 16.4. The Bertz CT molecular complexity index is 334. The van der Waals surface area contributed by atoms with E-state index in [1.807, 2.05) is 0 Å². The molecule has 7 heteroatoms. The maximum absolute atomic E-state index is 11.4. The number of unbranched alkanes of at least 4 members (excludes halogenated alkanes) is 2. The van der Waals surface area contributed by atoms with Gasteiger partial charge in [-0.3, -0.25) is 14.4 Å². The third-order valence-electron chi connectivity index (χ3n) is 3.00. The smallest absolute Gasteiger partial charge is 0.320 e. The van der Waals surface area contributed by atoms with Gasteiger partial charge in [0.25, 0.3) is 0 Å². The monoisotopic (exact) mass is 301 g/mol. The number of hydrogen-bond donors (Lipinski definition) is 4. The average molecular weight is 301 g/mol. The van der Waals surface area contributed by atoms with Crippen LogP contribution >= 0.6 is 0 Å². The van der Waals surface area contributed by atoms with E-state index >= 15 is 0 Å². The van der Waals surface area contributed by atoms with Gasteiger partial charge in [0.05, 0.1) is 0 Å². The first kappa shape index (κ1) is 19.4. The molecule has 122 valence electrons. The van der Waals surface area contributed by atoms with Crippen molar-refractivity contribution >= 4 is 17.8 Å². The Labute approximate surface area is 125 Å². The van der Waals surface area contributed by atoms with Crippen molar-refractivity contribution in [3.8, 4) is 0 Å². The standard InChI is InChI=1S/C14H27N3O4/c1-2-3-4-9-16-12(18)6-5-10-17-13(19)8-7-11(15)14(20)21/h11H,2-10,15H2,1H3,(H,16,18)(H,17,19)(H,20,21). The van der Waals surface area contributed by atoms with Crippen LogP contribution in [0.5, 0.6) is 0 Å². The average Bonchev–Trinajstić information content (AvgIpc) is 2.45. The van der Waals surface area contributed by atoms with Gasteiger partial charge in [0.1, 0.15) is 6.04 Å². The summed E-state index contributed by atoms with van der Waals surface area (Å²) in [6, 6.07) is -1.01. The van der Waals surface area contributed by atoms with Crippen LogP contribution in [0.15, 0.2) is 0 Å². The first-order valence-corrected chi connectivity index (χ1v) is 7.49. The van der Waals surface area contributed by atoms with Gasteiger partial charge in [-0.2, -0.15) is 0 Å². The van der Waals surface area contributed by atoms with Crippen molar-refractivity contribution in [3.63, 3.8) is 0 Å². The molecule has 0 rings (SSSR count). The summed E-state index contributed by atoms with van der Waals surface area (Å²) in [5.41, 5.74) is 5.29. The lowest BCUT2D eigenvalue weighted by molar-refractivity contribution is -0.138. The second-order valence-electron chi connectivity index (χ2n) is 4.99. The Hall–Kier alpha value is -1.63. The molecule has 0 saturated heterocycles. The third-order valence-corrected chi connectivity index (χ3v) is 3.00. The van der Waals surface area contributed by atoms with Crippen molar-refractivity contribution in [2.24, 2.45) is 5.73 Å². The minimum Gasteiger partial charge on any atom is -0.480 e. The molecule has 7 nitrogen and oxygen atoms in total. The van der Waals surface area contributed by atoms with E-state index in [2.05, 4.69) is 17.6 Å². The maximum atomic E-state index is 11.4. The SMILES string of the molecule is CCCCCNC(=O)CCCNC(=O)CCC(N)C(=O)O. The van der Waals surface area contributed by atoms with Crippen molar-refractivity contribution in [2.45, 2.75) is 57.9 Å². The third kappa shape index (κ3) is 11.9. The predicted octanol–water partition coefficient (Wildman–Crippen LogP) is 0.381. The van der Waals surface area contributed by atoms with Crippen molar-refractivity contribution in [3.05, 3.63) is 0 Å². The molecule has 1 atom stereocenters. The minimum atomic E-state index is -1.11. The maximum Gasteiger partial charge on any atom is 0.320 e. The lowest BCUT2D eigenvalue weighted by Gasteiger charge is -2.08. The number of nitrogens with one attached hydrogen (secondary N) is 2. The number of carboxylic acid groups (broad SMARTS) is 1. The summed E-state index contributed by atoms with van der Waals surface area (Å²) in [6.45, 7) is 3.21. The molecule has 2 amide bonds. The second kappa shape index (κ2) is 12.1. The van der Waals surface area contributed by atoms with E-state index in [4.69, 9.17) is 10.8 Å². The van der Waals surface area contributed by atoms with Crippen LogP contribution in [-0.4, -0.2) is 42.0 Å². The van der Waals surface area contributed by atoms with Gasteiger partial charge in [0.15, 0.2) is 0 Å². The highest BCUT2D eigenvalue weighted by Gasteiger charge is 2.13. The Morgan fingerprint density at radius 2 is 1.57 bits per heavy atom. The molecule has 0 spiro atoms.